The summed E-state index contributed by atoms with van der Waals surface area (Å²) in [6.07, 6.45) is 8.50. The molecule has 7 rings (SSSR count). The van der Waals surface area contributed by atoms with Crippen molar-refractivity contribution in [2.75, 3.05) is 13.7 Å². The first-order valence-electron chi connectivity index (χ1n) is 19.6. The molecule has 15 nitrogen and oxygen atoms in total. The van der Waals surface area contributed by atoms with Crippen molar-refractivity contribution in [1.82, 2.24) is 30.0 Å². The molecule has 0 radical (unpaired) electrons. The summed E-state index contributed by atoms with van der Waals surface area (Å²) in [5, 5.41) is 11.3. The molecule has 4 amide bonds. The van der Waals surface area contributed by atoms with E-state index in [1.54, 1.807) is 20.8 Å². The van der Waals surface area contributed by atoms with Crippen molar-refractivity contribution >= 4 is 44.6 Å². The first kappa shape index (κ1) is 40.0. The smallest absolute Gasteiger partial charge is 0.408 e. The number of hydrogen-bond acceptors (Lipinski definition) is 10. The Bertz CT molecular complexity index is 2280. The summed E-state index contributed by atoms with van der Waals surface area (Å²) < 4.78 is 40.4. The van der Waals surface area contributed by atoms with E-state index in [1.807, 2.05) is 54.6 Å². The molecular formula is C41H50N6O9S. The van der Waals surface area contributed by atoms with Gasteiger partial charge in [0.25, 0.3) is 5.91 Å². The van der Waals surface area contributed by atoms with Crippen molar-refractivity contribution in [3.63, 3.8) is 0 Å². The van der Waals surface area contributed by atoms with Gasteiger partial charge in [0.05, 0.1) is 30.2 Å². The zero-order valence-electron chi connectivity index (χ0n) is 32.7. The van der Waals surface area contributed by atoms with Gasteiger partial charge in [-0.2, -0.15) is 5.10 Å². The molecule has 0 bridgehead atoms. The molecule has 5 atom stereocenters. The van der Waals surface area contributed by atoms with Gasteiger partial charge >= 0.3 is 11.7 Å². The zero-order valence-corrected chi connectivity index (χ0v) is 33.5. The number of rotatable bonds is 7. The number of carbonyl (C=O) groups is 4. The highest BCUT2D eigenvalue weighted by molar-refractivity contribution is 7.91. The van der Waals surface area contributed by atoms with Gasteiger partial charge in [0.2, 0.25) is 21.8 Å². The third-order valence-corrected chi connectivity index (χ3v) is 13.0. The van der Waals surface area contributed by atoms with Crippen LogP contribution in [0.25, 0.3) is 21.9 Å². The predicted octanol–water partition coefficient (Wildman–Crippen LogP) is 4.11. The third-order valence-electron chi connectivity index (χ3n) is 11.1. The number of benzene rings is 2. The molecule has 16 heteroatoms. The number of aromatic nitrogens is 2. The maximum absolute atomic E-state index is 14.6. The Morgan fingerprint density at radius 1 is 0.982 bits per heavy atom. The average molecular weight is 803 g/mol. The second-order valence-corrected chi connectivity index (χ2v) is 18.4. The minimum Gasteiger partial charge on any atom is -0.491 e. The van der Waals surface area contributed by atoms with Gasteiger partial charge in [0, 0.05) is 18.9 Å². The van der Waals surface area contributed by atoms with Crippen LogP contribution in [-0.2, 0) is 29.1 Å². The van der Waals surface area contributed by atoms with Crippen molar-refractivity contribution in [1.29, 1.82) is 0 Å². The molecule has 0 spiro atoms. The van der Waals surface area contributed by atoms with Gasteiger partial charge in [-0.3, -0.25) is 23.9 Å². The molecule has 1 saturated heterocycles. The van der Waals surface area contributed by atoms with Crippen LogP contribution in [0, 0.1) is 5.92 Å². The third kappa shape index (κ3) is 8.41. The highest BCUT2D eigenvalue weighted by atomic mass is 32.2. The summed E-state index contributed by atoms with van der Waals surface area (Å²) >= 11 is 0. The van der Waals surface area contributed by atoms with E-state index in [1.165, 1.54) is 22.9 Å². The molecule has 3 N–H and O–H groups in total. The summed E-state index contributed by atoms with van der Waals surface area (Å²) in [5.41, 5.74) is -1.75. The Hall–Kier alpha value is -5.25. The number of alkyl carbamates (subject to hydrolysis) is 1. The van der Waals surface area contributed by atoms with E-state index < -0.39 is 79.8 Å². The number of amides is 4. The molecule has 2 saturated carbocycles. The molecule has 57 heavy (non-hydrogen) atoms. The first-order valence-corrected chi connectivity index (χ1v) is 21.1. The van der Waals surface area contributed by atoms with Crippen LogP contribution in [0.15, 0.2) is 65.6 Å². The molecule has 3 aromatic rings. The molecule has 2 aromatic carbocycles. The van der Waals surface area contributed by atoms with E-state index in [9.17, 15) is 32.4 Å². The first-order chi connectivity index (χ1) is 27.1. The lowest BCUT2D eigenvalue weighted by Crippen LogP contribution is -2.58. The molecule has 3 fully saturated rings. The van der Waals surface area contributed by atoms with Crippen LogP contribution in [0.4, 0.5) is 4.79 Å². The van der Waals surface area contributed by atoms with Gasteiger partial charge in [-0.15, -0.1) is 0 Å². The van der Waals surface area contributed by atoms with Crippen LogP contribution in [0.3, 0.4) is 0 Å². The normalized spacial score (nSPS) is 26.2. The maximum Gasteiger partial charge on any atom is 0.408 e. The van der Waals surface area contributed by atoms with Gasteiger partial charge in [-0.25, -0.2) is 17.9 Å². The Kier molecular flexibility index (Phi) is 10.9. The van der Waals surface area contributed by atoms with Crippen LogP contribution < -0.4 is 25.7 Å². The quantitative estimate of drug-likeness (QED) is 0.293. The highest BCUT2D eigenvalue weighted by Crippen LogP contribution is 2.46. The summed E-state index contributed by atoms with van der Waals surface area (Å²) in [5.74, 6) is -2.53. The molecule has 2 unspecified atom stereocenters. The lowest BCUT2D eigenvalue weighted by Gasteiger charge is -2.30. The SMILES string of the molecule is COc1c(-c2cccc3ccccc23)cnn(C2C[C@H]3C(=O)NC4(C(=O)NS(=O)(=O)C5CC5)C[C@H]4/C=C\CCCCC[C@H](NC(=O)OC(C)(C)C)C(=O)N3C2)c1=O. The predicted molar refractivity (Wildman–Crippen MR) is 212 cm³/mol. The molecule has 3 heterocycles. The van der Waals surface area contributed by atoms with Crippen molar-refractivity contribution in [3.05, 3.63) is 71.2 Å². The number of nitrogens with zero attached hydrogens (tertiary/aromatic N) is 3. The van der Waals surface area contributed by atoms with Gasteiger partial charge < -0.3 is 25.0 Å². The minimum absolute atomic E-state index is 0.0335. The Balaban J connectivity index is 1.25. The van der Waals surface area contributed by atoms with Gasteiger partial charge in [0.1, 0.15) is 23.2 Å². The highest BCUT2D eigenvalue weighted by Gasteiger charge is 2.62. The number of ether oxygens (including phenoxy) is 2. The summed E-state index contributed by atoms with van der Waals surface area (Å²) in [6.45, 7) is 5.00. The van der Waals surface area contributed by atoms with Crippen LogP contribution in [0.5, 0.6) is 5.75 Å². The maximum atomic E-state index is 14.6. The number of nitrogens with one attached hydrogen (secondary N) is 3. The summed E-state index contributed by atoms with van der Waals surface area (Å²) in [4.78, 5) is 71.5. The van der Waals surface area contributed by atoms with Crippen LogP contribution in [-0.4, -0.2) is 89.0 Å². The van der Waals surface area contributed by atoms with Gasteiger partial charge in [-0.1, -0.05) is 67.5 Å². The zero-order chi connectivity index (χ0) is 40.7. The van der Waals surface area contributed by atoms with E-state index in [0.717, 1.165) is 29.2 Å². The van der Waals surface area contributed by atoms with E-state index in [0.29, 0.717) is 31.2 Å². The van der Waals surface area contributed by atoms with E-state index >= 15 is 0 Å². The number of fused-ring (bicyclic) bond motifs is 3. The van der Waals surface area contributed by atoms with E-state index in [2.05, 4.69) is 20.5 Å². The Labute approximate surface area is 331 Å². The standard InChI is InChI=1S/C41H50N6O9S/c1-40(2,3)56-39(52)43-32-18-9-7-5-6-8-15-26-22-41(26,38(51)45-57(53,54)28-19-20-28)44-35(48)33-21-27(24-46(33)36(32)49)47-37(50)34(55-4)31(23-42-47)30-17-12-14-25-13-10-11-16-29(25)30/h8,10-17,23,26-28,32-33H,5-7,9,18-22,24H2,1-4H3,(H,43,52)(H,44,48)(H,45,51)/b15-8-/t26-,27?,32+,33+,41?/m1/s1. The fraction of sp³-hybridized carbons (Fsp3) is 0.512. The van der Waals surface area contributed by atoms with Crippen LogP contribution in [0.2, 0.25) is 0 Å². The number of sulfonamides is 1. The van der Waals surface area contributed by atoms with Crippen LogP contribution in [0.1, 0.15) is 84.6 Å². The molecule has 1 aromatic heterocycles. The van der Waals surface area contributed by atoms with Crippen LogP contribution >= 0.6 is 0 Å². The topological polar surface area (TPSA) is 195 Å². The molecular weight excluding hydrogens is 753 g/mol. The summed E-state index contributed by atoms with van der Waals surface area (Å²) in [6, 6.07) is 10.3. The van der Waals surface area contributed by atoms with Crippen molar-refractivity contribution in [2.45, 2.75) is 113 Å². The fourth-order valence-corrected chi connectivity index (χ4v) is 9.33. The molecule has 304 valence electrons. The molecule has 4 aliphatic rings. The van der Waals surface area contributed by atoms with Crippen molar-refractivity contribution in [3.8, 4) is 16.9 Å². The lowest BCUT2D eigenvalue weighted by molar-refractivity contribution is -0.141. The number of allylic oxidation sites excluding steroid dienone is 1. The lowest BCUT2D eigenvalue weighted by atomic mass is 9.99. The molecule has 2 aliphatic heterocycles. The van der Waals surface area contributed by atoms with Crippen molar-refractivity contribution < 1.29 is 37.1 Å². The fourth-order valence-electron chi connectivity index (χ4n) is 7.97. The number of hydrogen-bond donors (Lipinski definition) is 3. The second-order valence-electron chi connectivity index (χ2n) is 16.5. The van der Waals surface area contributed by atoms with Gasteiger partial charge in [-0.05, 0) is 75.6 Å². The largest absolute Gasteiger partial charge is 0.491 e. The number of methoxy groups -OCH3 is 1. The molecule has 2 aliphatic carbocycles. The Morgan fingerprint density at radius 2 is 1.74 bits per heavy atom. The number of carbonyl (C=O) groups excluding carboxylic acids is 4. The summed E-state index contributed by atoms with van der Waals surface area (Å²) in [7, 11) is -2.54. The van der Waals surface area contributed by atoms with E-state index in [-0.39, 0.29) is 31.6 Å². The average Bonchev–Trinajstić information content (AvgIpc) is 4.09. The monoisotopic (exact) mass is 802 g/mol. The van der Waals surface area contributed by atoms with Gasteiger partial charge in [0.15, 0.2) is 5.75 Å². The minimum atomic E-state index is -3.93. The second kappa shape index (κ2) is 15.6. The van der Waals surface area contributed by atoms with E-state index in [4.69, 9.17) is 9.47 Å². The Morgan fingerprint density at radius 3 is 2.47 bits per heavy atom. The van der Waals surface area contributed by atoms with Crippen molar-refractivity contribution in [2.24, 2.45) is 5.92 Å².